The standard InChI is InChI=1S/C11H16N2O6S2/c14-5-6-8(16)9(21(18)4-3-20)10(19-6)13-2-1-7(15)12-11(13)17/h1-2,6,8-10,14,16,20H,3-5H2,(H,12,15,17)/t6-,8+,9?,10-,21?/m1/s1. The van der Waals surface area contributed by atoms with E-state index in [9.17, 15) is 24.4 Å². The molecule has 2 unspecified atom stereocenters. The van der Waals surface area contributed by atoms with Crippen molar-refractivity contribution >= 4 is 23.8 Å². The Morgan fingerprint density at radius 3 is 2.81 bits per heavy atom. The maximum absolute atomic E-state index is 12.2. The van der Waals surface area contributed by atoms with Crippen LogP contribution in [0.2, 0.25) is 0 Å². The summed E-state index contributed by atoms with van der Waals surface area (Å²) in [6.07, 6.45) is -1.94. The first-order valence-corrected chi connectivity index (χ1v) is 8.25. The first-order chi connectivity index (χ1) is 9.99. The van der Waals surface area contributed by atoms with Gasteiger partial charge in [-0.25, -0.2) is 4.79 Å². The van der Waals surface area contributed by atoms with E-state index >= 15 is 0 Å². The van der Waals surface area contributed by atoms with E-state index in [0.29, 0.717) is 5.75 Å². The quantitative estimate of drug-likeness (QED) is 0.358. The molecule has 2 rings (SSSR count). The molecular formula is C11H16N2O6S2. The Morgan fingerprint density at radius 1 is 1.52 bits per heavy atom. The van der Waals surface area contributed by atoms with Crippen LogP contribution < -0.4 is 11.2 Å². The lowest BCUT2D eigenvalue weighted by atomic mass is 10.2. The number of aromatic nitrogens is 2. The van der Waals surface area contributed by atoms with Crippen LogP contribution in [0.3, 0.4) is 0 Å². The fourth-order valence-corrected chi connectivity index (χ4v) is 4.16. The molecule has 0 aromatic carbocycles. The Morgan fingerprint density at radius 2 is 2.24 bits per heavy atom. The highest BCUT2D eigenvalue weighted by molar-refractivity contribution is 7.93. The van der Waals surface area contributed by atoms with Gasteiger partial charge in [0.05, 0.1) is 6.61 Å². The topological polar surface area (TPSA) is 128 Å². The van der Waals surface area contributed by atoms with Crippen molar-refractivity contribution in [3.05, 3.63) is 33.1 Å². The first kappa shape index (κ1) is 16.6. The van der Waals surface area contributed by atoms with Gasteiger partial charge >= 0.3 is 5.69 Å². The van der Waals surface area contributed by atoms with Crippen LogP contribution >= 0.6 is 12.6 Å². The lowest BCUT2D eigenvalue weighted by Gasteiger charge is -2.24. The number of ether oxygens (including phenoxy) is 1. The van der Waals surface area contributed by atoms with E-state index in [1.165, 1.54) is 6.20 Å². The summed E-state index contributed by atoms with van der Waals surface area (Å²) >= 11 is 2.49. The molecule has 1 aromatic heterocycles. The average Bonchev–Trinajstić information content (AvgIpc) is 2.75. The number of thiol groups is 1. The number of aromatic amines is 1. The lowest BCUT2D eigenvalue weighted by Crippen LogP contribution is -2.43. The minimum absolute atomic E-state index is 0.209. The minimum Gasteiger partial charge on any atom is -0.616 e. The zero-order valence-corrected chi connectivity index (χ0v) is 12.6. The molecule has 2 heterocycles. The van der Waals surface area contributed by atoms with Crippen molar-refractivity contribution in [2.24, 2.45) is 0 Å². The fourth-order valence-electron chi connectivity index (χ4n) is 2.23. The van der Waals surface area contributed by atoms with E-state index in [4.69, 9.17) is 4.74 Å². The molecule has 10 heteroatoms. The molecule has 0 bridgehead atoms. The van der Waals surface area contributed by atoms with Gasteiger partial charge in [0, 0.05) is 18.0 Å². The number of rotatable bonds is 5. The summed E-state index contributed by atoms with van der Waals surface area (Å²) in [5.74, 6) is 0.549. The highest BCUT2D eigenvalue weighted by Gasteiger charge is 2.51. The molecule has 8 nitrogen and oxygen atoms in total. The molecule has 1 saturated heterocycles. The summed E-state index contributed by atoms with van der Waals surface area (Å²) in [7, 11) is 0. The third kappa shape index (κ3) is 3.35. The van der Waals surface area contributed by atoms with Crippen molar-refractivity contribution in [3.8, 4) is 0 Å². The number of H-pyrrole nitrogens is 1. The zero-order valence-electron chi connectivity index (χ0n) is 10.9. The van der Waals surface area contributed by atoms with Gasteiger partial charge in [-0.1, -0.05) is 0 Å². The van der Waals surface area contributed by atoms with Crippen LogP contribution in [-0.4, -0.2) is 59.9 Å². The lowest BCUT2D eigenvalue weighted by molar-refractivity contribution is -0.0458. The summed E-state index contributed by atoms with van der Waals surface area (Å²) in [5.41, 5.74) is -1.30. The molecule has 1 aliphatic heterocycles. The summed E-state index contributed by atoms with van der Waals surface area (Å²) in [5, 5.41) is 18.4. The van der Waals surface area contributed by atoms with E-state index in [1.807, 2.05) is 0 Å². The Balaban J connectivity index is 2.38. The van der Waals surface area contributed by atoms with Gasteiger partial charge in [-0.3, -0.25) is 14.3 Å². The number of hydrogen-bond acceptors (Lipinski definition) is 7. The largest absolute Gasteiger partial charge is 0.616 e. The van der Waals surface area contributed by atoms with Crippen molar-refractivity contribution in [2.75, 3.05) is 18.1 Å². The van der Waals surface area contributed by atoms with Crippen LogP contribution in [0.25, 0.3) is 0 Å². The second kappa shape index (κ2) is 6.99. The smallest absolute Gasteiger partial charge is 0.330 e. The predicted octanol–water partition coefficient (Wildman–Crippen LogP) is -2.17. The van der Waals surface area contributed by atoms with Crippen LogP contribution in [0.15, 0.2) is 21.9 Å². The Bertz CT molecular complexity index is 591. The summed E-state index contributed by atoms with van der Waals surface area (Å²) in [6.45, 7) is -0.468. The van der Waals surface area contributed by atoms with Gasteiger partial charge < -0.3 is 19.5 Å². The van der Waals surface area contributed by atoms with Crippen LogP contribution in [0, 0.1) is 0 Å². The SMILES string of the molecule is O=c1ccn([C@@H]2O[C@H](CO)[C@H](O)C2[S+]([O-])CCS)c(=O)[nH]1. The van der Waals surface area contributed by atoms with Crippen molar-refractivity contribution in [3.63, 3.8) is 0 Å². The third-order valence-corrected chi connectivity index (χ3v) is 5.47. The molecule has 3 N–H and O–H groups in total. The van der Waals surface area contributed by atoms with E-state index in [-0.39, 0.29) is 5.75 Å². The van der Waals surface area contributed by atoms with Crippen LogP contribution in [0.1, 0.15) is 6.23 Å². The second-order valence-corrected chi connectivity index (χ2v) is 6.69. The number of nitrogens with zero attached hydrogens (tertiary/aromatic N) is 1. The van der Waals surface area contributed by atoms with Gasteiger partial charge in [-0.05, 0) is 11.2 Å². The van der Waals surface area contributed by atoms with Gasteiger partial charge in [-0.15, -0.1) is 0 Å². The van der Waals surface area contributed by atoms with Gasteiger partial charge in [0.15, 0.2) is 11.5 Å². The average molecular weight is 336 g/mol. The van der Waals surface area contributed by atoms with Crippen molar-refractivity contribution in [1.82, 2.24) is 9.55 Å². The molecule has 21 heavy (non-hydrogen) atoms. The fraction of sp³-hybridized carbons (Fsp3) is 0.636. The number of aliphatic hydroxyl groups is 2. The van der Waals surface area contributed by atoms with E-state index in [2.05, 4.69) is 17.6 Å². The highest BCUT2D eigenvalue weighted by Crippen LogP contribution is 2.33. The number of hydrogen-bond donors (Lipinski definition) is 4. The molecule has 1 aromatic rings. The van der Waals surface area contributed by atoms with E-state index < -0.39 is 52.7 Å². The summed E-state index contributed by atoms with van der Waals surface area (Å²) in [4.78, 5) is 25.0. The predicted molar refractivity (Wildman–Crippen MR) is 79.0 cm³/mol. The number of aliphatic hydroxyl groups excluding tert-OH is 2. The maximum atomic E-state index is 12.2. The highest BCUT2D eigenvalue weighted by atomic mass is 32.2. The second-order valence-electron chi connectivity index (χ2n) is 4.53. The number of nitrogens with one attached hydrogen (secondary N) is 1. The molecular weight excluding hydrogens is 320 g/mol. The Labute approximate surface area is 128 Å². The molecule has 0 saturated carbocycles. The normalized spacial score (nSPS) is 30.5. The monoisotopic (exact) mass is 336 g/mol. The molecule has 5 atom stereocenters. The van der Waals surface area contributed by atoms with Crippen molar-refractivity contribution < 1.29 is 19.5 Å². The van der Waals surface area contributed by atoms with E-state index in [0.717, 1.165) is 10.6 Å². The molecule has 118 valence electrons. The summed E-state index contributed by atoms with van der Waals surface area (Å²) in [6, 6.07) is 1.13. The van der Waals surface area contributed by atoms with Crippen LogP contribution in [0.4, 0.5) is 0 Å². The Kier molecular flexibility index (Phi) is 5.52. The Hall–Kier alpha value is -0.780. The molecule has 0 amide bonds. The van der Waals surface area contributed by atoms with Gasteiger partial charge in [-0.2, -0.15) is 12.6 Å². The minimum atomic E-state index is -1.51. The molecule has 0 spiro atoms. The van der Waals surface area contributed by atoms with E-state index in [1.54, 1.807) is 0 Å². The van der Waals surface area contributed by atoms with Crippen molar-refractivity contribution in [1.29, 1.82) is 0 Å². The van der Waals surface area contributed by atoms with Gasteiger partial charge in [0.2, 0.25) is 0 Å². The molecule has 0 aliphatic carbocycles. The molecule has 1 fully saturated rings. The zero-order chi connectivity index (χ0) is 15.6. The molecule has 0 radical (unpaired) electrons. The molecule has 1 aliphatic rings. The van der Waals surface area contributed by atoms with Gasteiger partial charge in [0.25, 0.3) is 5.56 Å². The summed E-state index contributed by atoms with van der Waals surface area (Å²) < 4.78 is 18.7. The van der Waals surface area contributed by atoms with Crippen LogP contribution in [-0.2, 0) is 15.9 Å². The van der Waals surface area contributed by atoms with Crippen molar-refractivity contribution in [2.45, 2.75) is 23.7 Å². The maximum Gasteiger partial charge on any atom is 0.330 e. The van der Waals surface area contributed by atoms with Gasteiger partial charge in [0.1, 0.15) is 18.0 Å². The third-order valence-electron chi connectivity index (χ3n) is 3.21. The first-order valence-electron chi connectivity index (χ1n) is 6.23. The van der Waals surface area contributed by atoms with Crippen LogP contribution in [0.5, 0.6) is 0 Å².